The molecule has 34 heavy (non-hydrogen) atoms. The second-order valence-corrected chi connectivity index (χ2v) is 8.97. The van der Waals surface area contributed by atoms with E-state index in [1.54, 1.807) is 11.3 Å². The molecule has 1 amide bonds. The molecular weight excluding hydrogens is 464 g/mol. The van der Waals surface area contributed by atoms with Gasteiger partial charge in [-0.1, -0.05) is 66.2 Å². The largest absolute Gasteiger partial charge is 0.493 e. The van der Waals surface area contributed by atoms with Gasteiger partial charge in [0.05, 0.1) is 17.9 Å². The molecule has 0 aliphatic carbocycles. The zero-order valence-electron chi connectivity index (χ0n) is 18.4. The third-order valence-corrected chi connectivity index (χ3v) is 6.57. The van der Waals surface area contributed by atoms with Crippen molar-refractivity contribution in [2.24, 2.45) is 0 Å². The number of amides is 1. The SMILES string of the molecule is CCOc1ccc2ccccc2c1C(=O)Nc1cccc(-c2csc(-c3ccc(Cl)cc3)n2)c1. The van der Waals surface area contributed by atoms with Crippen molar-refractivity contribution >= 4 is 45.3 Å². The van der Waals surface area contributed by atoms with E-state index in [0.29, 0.717) is 28.6 Å². The summed E-state index contributed by atoms with van der Waals surface area (Å²) >= 11 is 7.57. The third-order valence-electron chi connectivity index (χ3n) is 5.43. The zero-order valence-corrected chi connectivity index (χ0v) is 20.0. The smallest absolute Gasteiger partial charge is 0.260 e. The van der Waals surface area contributed by atoms with Crippen LogP contribution in [0.1, 0.15) is 17.3 Å². The molecular formula is C28H21ClN2O2S. The molecule has 0 aliphatic rings. The van der Waals surface area contributed by atoms with E-state index in [1.807, 2.05) is 97.2 Å². The molecule has 5 rings (SSSR count). The van der Waals surface area contributed by atoms with Crippen LogP contribution in [-0.4, -0.2) is 17.5 Å². The van der Waals surface area contributed by atoms with Crippen LogP contribution >= 0.6 is 22.9 Å². The van der Waals surface area contributed by atoms with Gasteiger partial charge in [0.15, 0.2) is 0 Å². The fraction of sp³-hybridized carbons (Fsp3) is 0.0714. The molecule has 1 aromatic heterocycles. The van der Waals surface area contributed by atoms with Gasteiger partial charge in [-0.3, -0.25) is 4.79 Å². The maximum atomic E-state index is 13.4. The molecule has 5 aromatic rings. The number of benzene rings is 4. The normalized spacial score (nSPS) is 10.9. The second kappa shape index (κ2) is 9.67. The van der Waals surface area contributed by atoms with Crippen LogP contribution in [0.25, 0.3) is 32.6 Å². The minimum Gasteiger partial charge on any atom is -0.493 e. The Labute approximate surface area is 206 Å². The number of rotatable bonds is 6. The first-order valence-corrected chi connectivity index (χ1v) is 12.2. The van der Waals surface area contributed by atoms with Gasteiger partial charge >= 0.3 is 0 Å². The number of thiazole rings is 1. The first-order valence-electron chi connectivity index (χ1n) is 10.9. The van der Waals surface area contributed by atoms with Crippen LogP contribution in [0, 0.1) is 0 Å². The summed E-state index contributed by atoms with van der Waals surface area (Å²) in [6.07, 6.45) is 0. The fourth-order valence-corrected chi connectivity index (χ4v) is 4.80. The molecule has 0 saturated heterocycles. The van der Waals surface area contributed by atoms with Crippen molar-refractivity contribution < 1.29 is 9.53 Å². The van der Waals surface area contributed by atoms with Crippen molar-refractivity contribution in [2.75, 3.05) is 11.9 Å². The molecule has 4 nitrogen and oxygen atoms in total. The highest BCUT2D eigenvalue weighted by molar-refractivity contribution is 7.13. The highest BCUT2D eigenvalue weighted by Crippen LogP contribution is 2.32. The van der Waals surface area contributed by atoms with E-state index >= 15 is 0 Å². The maximum Gasteiger partial charge on any atom is 0.260 e. The lowest BCUT2D eigenvalue weighted by molar-refractivity contribution is 0.102. The molecule has 4 aromatic carbocycles. The number of nitrogens with zero attached hydrogens (tertiary/aromatic N) is 1. The Bertz CT molecular complexity index is 1480. The monoisotopic (exact) mass is 484 g/mol. The van der Waals surface area contributed by atoms with Gasteiger partial charge in [0.2, 0.25) is 0 Å². The lowest BCUT2D eigenvalue weighted by Crippen LogP contribution is -2.14. The van der Waals surface area contributed by atoms with Crippen molar-refractivity contribution in [2.45, 2.75) is 6.92 Å². The van der Waals surface area contributed by atoms with Crippen LogP contribution in [0.5, 0.6) is 5.75 Å². The zero-order chi connectivity index (χ0) is 23.5. The Kier molecular flexibility index (Phi) is 6.30. The minimum atomic E-state index is -0.211. The summed E-state index contributed by atoms with van der Waals surface area (Å²) in [6, 6.07) is 27.0. The van der Waals surface area contributed by atoms with Crippen LogP contribution in [0.15, 0.2) is 90.3 Å². The van der Waals surface area contributed by atoms with Gasteiger partial charge in [-0.15, -0.1) is 11.3 Å². The number of carbonyl (C=O) groups excluding carboxylic acids is 1. The topological polar surface area (TPSA) is 51.2 Å². The molecule has 1 heterocycles. The summed E-state index contributed by atoms with van der Waals surface area (Å²) in [5.74, 6) is 0.361. The van der Waals surface area contributed by atoms with E-state index < -0.39 is 0 Å². The van der Waals surface area contributed by atoms with Crippen molar-refractivity contribution in [1.29, 1.82) is 0 Å². The fourth-order valence-electron chi connectivity index (χ4n) is 3.84. The van der Waals surface area contributed by atoms with Crippen molar-refractivity contribution in [3.05, 3.63) is 101 Å². The first kappa shape index (κ1) is 22.1. The van der Waals surface area contributed by atoms with Gasteiger partial charge in [0, 0.05) is 27.2 Å². The van der Waals surface area contributed by atoms with Crippen LogP contribution < -0.4 is 10.1 Å². The molecule has 0 bridgehead atoms. The summed E-state index contributed by atoms with van der Waals surface area (Å²) in [5.41, 5.74) is 4.02. The number of carbonyl (C=O) groups is 1. The summed E-state index contributed by atoms with van der Waals surface area (Å²) in [7, 11) is 0. The van der Waals surface area contributed by atoms with E-state index in [9.17, 15) is 4.79 Å². The van der Waals surface area contributed by atoms with E-state index in [0.717, 1.165) is 32.6 Å². The van der Waals surface area contributed by atoms with E-state index in [2.05, 4.69) is 5.32 Å². The lowest BCUT2D eigenvalue weighted by Gasteiger charge is -2.14. The van der Waals surface area contributed by atoms with Gasteiger partial charge in [0.1, 0.15) is 10.8 Å². The highest BCUT2D eigenvalue weighted by Gasteiger charge is 2.17. The number of aromatic nitrogens is 1. The maximum absolute atomic E-state index is 13.4. The molecule has 0 saturated carbocycles. The number of halogens is 1. The lowest BCUT2D eigenvalue weighted by atomic mass is 10.0. The van der Waals surface area contributed by atoms with Crippen molar-refractivity contribution in [3.63, 3.8) is 0 Å². The Morgan fingerprint density at radius 2 is 1.79 bits per heavy atom. The predicted molar refractivity (Wildman–Crippen MR) is 141 cm³/mol. The summed E-state index contributed by atoms with van der Waals surface area (Å²) in [6.45, 7) is 2.39. The number of nitrogens with one attached hydrogen (secondary N) is 1. The van der Waals surface area contributed by atoms with Gasteiger partial charge in [-0.2, -0.15) is 0 Å². The van der Waals surface area contributed by atoms with Crippen molar-refractivity contribution in [3.8, 4) is 27.6 Å². The molecule has 168 valence electrons. The number of hydrogen-bond acceptors (Lipinski definition) is 4. The van der Waals surface area contributed by atoms with E-state index in [-0.39, 0.29) is 5.91 Å². The number of hydrogen-bond donors (Lipinski definition) is 1. The molecule has 0 atom stereocenters. The number of ether oxygens (including phenoxy) is 1. The van der Waals surface area contributed by atoms with Crippen molar-refractivity contribution in [1.82, 2.24) is 4.98 Å². The molecule has 0 fully saturated rings. The van der Waals surface area contributed by atoms with Gasteiger partial charge in [-0.25, -0.2) is 4.98 Å². The number of anilines is 1. The second-order valence-electron chi connectivity index (χ2n) is 7.67. The average Bonchev–Trinajstić information content (AvgIpc) is 3.35. The summed E-state index contributed by atoms with van der Waals surface area (Å²) in [5, 5.41) is 8.52. The minimum absolute atomic E-state index is 0.211. The Morgan fingerprint density at radius 3 is 2.62 bits per heavy atom. The van der Waals surface area contributed by atoms with Crippen LogP contribution in [0.3, 0.4) is 0 Å². The highest BCUT2D eigenvalue weighted by atomic mass is 35.5. The molecule has 0 spiro atoms. The molecule has 1 N–H and O–H groups in total. The first-order chi connectivity index (χ1) is 16.6. The molecule has 6 heteroatoms. The van der Waals surface area contributed by atoms with E-state index in [1.165, 1.54) is 0 Å². The molecule has 0 unspecified atom stereocenters. The Morgan fingerprint density at radius 1 is 0.971 bits per heavy atom. The van der Waals surface area contributed by atoms with Crippen LogP contribution in [-0.2, 0) is 0 Å². The number of fused-ring (bicyclic) bond motifs is 1. The Hall–Kier alpha value is -3.67. The van der Waals surface area contributed by atoms with E-state index in [4.69, 9.17) is 21.3 Å². The van der Waals surface area contributed by atoms with Gasteiger partial charge < -0.3 is 10.1 Å². The summed E-state index contributed by atoms with van der Waals surface area (Å²) in [4.78, 5) is 18.2. The Balaban J connectivity index is 1.44. The van der Waals surface area contributed by atoms with Crippen LogP contribution in [0.2, 0.25) is 5.02 Å². The van der Waals surface area contributed by atoms with Gasteiger partial charge in [0.25, 0.3) is 5.91 Å². The van der Waals surface area contributed by atoms with Crippen LogP contribution in [0.4, 0.5) is 5.69 Å². The average molecular weight is 485 g/mol. The van der Waals surface area contributed by atoms with Gasteiger partial charge in [-0.05, 0) is 48.0 Å². The predicted octanol–water partition coefficient (Wildman–Crippen LogP) is 7.93. The summed E-state index contributed by atoms with van der Waals surface area (Å²) < 4.78 is 5.77. The molecule has 0 radical (unpaired) electrons. The quantitative estimate of drug-likeness (QED) is 0.266. The third kappa shape index (κ3) is 4.53. The molecule has 0 aliphatic heterocycles. The standard InChI is InChI=1S/C28H21ClN2O2S/c1-2-33-25-15-12-18-6-3-4-9-23(18)26(25)27(32)30-22-8-5-7-20(16-22)24-17-34-28(31-24)19-10-13-21(29)14-11-19/h3-17H,2H2,1H3,(H,30,32).